The van der Waals surface area contributed by atoms with Crippen LogP contribution in [0.4, 0.5) is 8.78 Å². The van der Waals surface area contributed by atoms with E-state index in [0.29, 0.717) is 0 Å². The number of amides is 1. The van der Waals surface area contributed by atoms with E-state index in [1.165, 1.54) is 17.7 Å². The molecular formula is C18H19F2NO. The summed E-state index contributed by atoms with van der Waals surface area (Å²) in [7, 11) is 0. The molecule has 1 N–H and O–H groups in total. The largest absolute Gasteiger partial charge is 0.349 e. The summed E-state index contributed by atoms with van der Waals surface area (Å²) in [5, 5.41) is 2.74. The number of hydrogen-bond donors (Lipinski definition) is 1. The number of benzene rings is 2. The highest BCUT2D eigenvalue weighted by Crippen LogP contribution is 2.18. The number of aryl methyl sites for hydroxylation is 2. The minimum Gasteiger partial charge on any atom is -0.349 e. The zero-order valence-corrected chi connectivity index (χ0v) is 12.9. The molecule has 0 aliphatic heterocycles. The Balaban J connectivity index is 2.03. The van der Waals surface area contributed by atoms with Gasteiger partial charge in [-0.25, -0.2) is 8.78 Å². The van der Waals surface area contributed by atoms with E-state index in [9.17, 15) is 13.6 Å². The fourth-order valence-corrected chi connectivity index (χ4v) is 2.32. The Morgan fingerprint density at radius 3 is 2.45 bits per heavy atom. The molecule has 2 aromatic carbocycles. The number of nitrogens with one attached hydrogen (secondary N) is 1. The molecule has 2 aromatic rings. The second-order valence-electron chi connectivity index (χ2n) is 5.55. The number of rotatable bonds is 4. The van der Waals surface area contributed by atoms with E-state index in [0.717, 1.165) is 17.2 Å². The molecule has 0 fully saturated rings. The highest BCUT2D eigenvalue weighted by atomic mass is 19.1. The van der Waals surface area contributed by atoms with Crippen molar-refractivity contribution in [2.75, 3.05) is 0 Å². The van der Waals surface area contributed by atoms with E-state index in [-0.39, 0.29) is 17.9 Å². The minimum absolute atomic E-state index is 0.195. The number of hydrogen-bond acceptors (Lipinski definition) is 1. The average Bonchev–Trinajstić information content (AvgIpc) is 2.42. The molecule has 2 nitrogen and oxygen atoms in total. The molecule has 116 valence electrons. The van der Waals surface area contributed by atoms with E-state index in [4.69, 9.17) is 0 Å². The van der Waals surface area contributed by atoms with Crippen LogP contribution in [0, 0.1) is 25.5 Å². The van der Waals surface area contributed by atoms with Crippen molar-refractivity contribution in [2.24, 2.45) is 0 Å². The van der Waals surface area contributed by atoms with Crippen LogP contribution < -0.4 is 5.32 Å². The standard InChI is InChI=1S/C18H19F2NO/c1-11-4-5-14(8-12(11)2)9-18(22)21-13(3)16-7-6-15(19)10-17(16)20/h4-8,10,13H,9H2,1-3H3,(H,21,22)/t13-/m1/s1. The van der Waals surface area contributed by atoms with Crippen LogP contribution in [-0.4, -0.2) is 5.91 Å². The molecule has 4 heteroatoms. The van der Waals surface area contributed by atoms with Crippen molar-refractivity contribution < 1.29 is 13.6 Å². The summed E-state index contributed by atoms with van der Waals surface area (Å²) in [5.41, 5.74) is 3.48. The monoisotopic (exact) mass is 303 g/mol. The van der Waals surface area contributed by atoms with E-state index in [1.807, 2.05) is 32.0 Å². The maximum Gasteiger partial charge on any atom is 0.224 e. The molecule has 0 radical (unpaired) electrons. The molecule has 0 saturated carbocycles. The lowest BCUT2D eigenvalue weighted by Crippen LogP contribution is -2.28. The van der Waals surface area contributed by atoms with Crippen LogP contribution in [0.1, 0.15) is 35.2 Å². The molecule has 1 atom stereocenters. The third-order valence-electron chi connectivity index (χ3n) is 3.74. The van der Waals surface area contributed by atoms with Gasteiger partial charge in [-0.15, -0.1) is 0 Å². The van der Waals surface area contributed by atoms with E-state index in [1.54, 1.807) is 6.92 Å². The molecule has 0 spiro atoms. The maximum absolute atomic E-state index is 13.7. The van der Waals surface area contributed by atoms with Gasteiger partial charge in [-0.1, -0.05) is 24.3 Å². The first kappa shape index (κ1) is 16.1. The van der Waals surface area contributed by atoms with Gasteiger partial charge in [-0.05, 0) is 43.5 Å². The van der Waals surface area contributed by atoms with Crippen molar-refractivity contribution in [2.45, 2.75) is 33.2 Å². The molecule has 1 amide bonds. The Morgan fingerprint density at radius 1 is 1.09 bits per heavy atom. The molecular weight excluding hydrogens is 284 g/mol. The number of carbonyl (C=O) groups is 1. The van der Waals surface area contributed by atoms with Gasteiger partial charge >= 0.3 is 0 Å². The first-order valence-electron chi connectivity index (χ1n) is 7.17. The molecule has 0 saturated heterocycles. The molecule has 0 aliphatic rings. The Kier molecular flexibility index (Phi) is 4.91. The molecule has 0 aliphatic carbocycles. The fraction of sp³-hybridized carbons (Fsp3) is 0.278. The Bertz CT molecular complexity index is 697. The third kappa shape index (κ3) is 3.91. The van der Waals surface area contributed by atoms with Gasteiger partial charge in [0.15, 0.2) is 0 Å². The lowest BCUT2D eigenvalue weighted by Gasteiger charge is -2.15. The fourth-order valence-electron chi connectivity index (χ4n) is 2.32. The SMILES string of the molecule is Cc1ccc(CC(=O)N[C@H](C)c2ccc(F)cc2F)cc1C. The Morgan fingerprint density at radius 2 is 1.82 bits per heavy atom. The lowest BCUT2D eigenvalue weighted by molar-refractivity contribution is -0.121. The van der Waals surface area contributed by atoms with Crippen LogP contribution >= 0.6 is 0 Å². The predicted molar refractivity (Wildman–Crippen MR) is 82.5 cm³/mol. The summed E-state index contributed by atoms with van der Waals surface area (Å²) in [5.74, 6) is -1.48. The third-order valence-corrected chi connectivity index (χ3v) is 3.74. The Labute approximate surface area is 129 Å². The average molecular weight is 303 g/mol. The first-order chi connectivity index (χ1) is 10.4. The summed E-state index contributed by atoms with van der Waals surface area (Å²) >= 11 is 0. The van der Waals surface area contributed by atoms with Crippen LogP contribution in [-0.2, 0) is 11.2 Å². The number of carbonyl (C=O) groups excluding carboxylic acids is 1. The molecule has 2 rings (SSSR count). The second-order valence-corrected chi connectivity index (χ2v) is 5.55. The predicted octanol–water partition coefficient (Wildman–Crippen LogP) is 4.00. The topological polar surface area (TPSA) is 29.1 Å². The van der Waals surface area contributed by atoms with Crippen molar-refractivity contribution in [3.63, 3.8) is 0 Å². The highest BCUT2D eigenvalue weighted by Gasteiger charge is 2.14. The minimum atomic E-state index is -0.654. The van der Waals surface area contributed by atoms with Gasteiger partial charge in [-0.2, -0.15) is 0 Å². The van der Waals surface area contributed by atoms with Gasteiger partial charge in [0.05, 0.1) is 12.5 Å². The van der Waals surface area contributed by atoms with Gasteiger partial charge < -0.3 is 5.32 Å². The van der Waals surface area contributed by atoms with Crippen LogP contribution in [0.15, 0.2) is 36.4 Å². The molecule has 0 aromatic heterocycles. The Hall–Kier alpha value is -2.23. The smallest absolute Gasteiger partial charge is 0.224 e. The zero-order chi connectivity index (χ0) is 16.3. The van der Waals surface area contributed by atoms with E-state index in [2.05, 4.69) is 5.32 Å². The summed E-state index contributed by atoms with van der Waals surface area (Å²) < 4.78 is 26.6. The van der Waals surface area contributed by atoms with Crippen LogP contribution in [0.3, 0.4) is 0 Å². The quantitative estimate of drug-likeness (QED) is 0.908. The molecule has 0 bridgehead atoms. The van der Waals surface area contributed by atoms with Crippen LogP contribution in [0.2, 0.25) is 0 Å². The highest BCUT2D eigenvalue weighted by molar-refractivity contribution is 5.79. The van der Waals surface area contributed by atoms with Gasteiger partial charge in [-0.3, -0.25) is 4.79 Å². The summed E-state index contributed by atoms with van der Waals surface area (Å²) in [6.45, 7) is 5.68. The van der Waals surface area contributed by atoms with E-state index >= 15 is 0 Å². The van der Waals surface area contributed by atoms with Crippen molar-refractivity contribution >= 4 is 5.91 Å². The van der Waals surface area contributed by atoms with Crippen molar-refractivity contribution in [1.29, 1.82) is 0 Å². The molecule has 0 heterocycles. The molecule has 0 unspecified atom stereocenters. The van der Waals surface area contributed by atoms with Crippen molar-refractivity contribution in [3.05, 3.63) is 70.3 Å². The van der Waals surface area contributed by atoms with Crippen molar-refractivity contribution in [1.82, 2.24) is 5.32 Å². The lowest BCUT2D eigenvalue weighted by atomic mass is 10.0. The molecule has 22 heavy (non-hydrogen) atoms. The zero-order valence-electron chi connectivity index (χ0n) is 12.9. The van der Waals surface area contributed by atoms with Crippen LogP contribution in [0.25, 0.3) is 0 Å². The first-order valence-corrected chi connectivity index (χ1v) is 7.17. The van der Waals surface area contributed by atoms with Gasteiger partial charge in [0.2, 0.25) is 5.91 Å². The van der Waals surface area contributed by atoms with Gasteiger partial charge in [0.1, 0.15) is 11.6 Å². The van der Waals surface area contributed by atoms with Gasteiger partial charge in [0, 0.05) is 11.6 Å². The van der Waals surface area contributed by atoms with Crippen molar-refractivity contribution in [3.8, 4) is 0 Å². The van der Waals surface area contributed by atoms with E-state index < -0.39 is 17.7 Å². The summed E-state index contributed by atoms with van der Waals surface area (Å²) in [6, 6.07) is 8.70. The second kappa shape index (κ2) is 6.69. The number of halogens is 2. The van der Waals surface area contributed by atoms with Gasteiger partial charge in [0.25, 0.3) is 0 Å². The maximum atomic E-state index is 13.7. The normalized spacial score (nSPS) is 12.0. The van der Waals surface area contributed by atoms with Crippen LogP contribution in [0.5, 0.6) is 0 Å². The summed E-state index contributed by atoms with van der Waals surface area (Å²) in [6.07, 6.45) is 0.230. The summed E-state index contributed by atoms with van der Waals surface area (Å²) in [4.78, 5) is 12.1.